The number of sulfonamides is 1. The number of nitrogens with zero attached hydrogens (tertiary/aromatic N) is 1. The zero-order valence-electron chi connectivity index (χ0n) is 17.1. The minimum absolute atomic E-state index is 0.0580. The van der Waals surface area contributed by atoms with Crippen LogP contribution < -0.4 is 0 Å². The first-order chi connectivity index (χ1) is 13.5. The van der Waals surface area contributed by atoms with Crippen LogP contribution in [-0.4, -0.2) is 40.0 Å². The summed E-state index contributed by atoms with van der Waals surface area (Å²) in [4.78, 5) is 0.295. The normalized spacial score (nSPS) is 20.4. The number of aryl methyl sites for hydroxylation is 2. The molecule has 1 fully saturated rings. The van der Waals surface area contributed by atoms with Crippen molar-refractivity contribution in [1.82, 2.24) is 4.31 Å². The van der Waals surface area contributed by atoms with Gasteiger partial charge in [-0.2, -0.15) is 4.31 Å². The summed E-state index contributed by atoms with van der Waals surface area (Å²) in [6, 6.07) is 8.83. The van der Waals surface area contributed by atoms with Gasteiger partial charge in [-0.25, -0.2) is 16.8 Å². The van der Waals surface area contributed by atoms with Gasteiger partial charge in [-0.15, -0.1) is 0 Å². The molecule has 1 heterocycles. The number of hydrogen-bond acceptors (Lipinski definition) is 4. The van der Waals surface area contributed by atoms with Crippen molar-refractivity contribution >= 4 is 31.5 Å². The van der Waals surface area contributed by atoms with E-state index in [2.05, 4.69) is 0 Å². The molecule has 5 nitrogen and oxygen atoms in total. The monoisotopic (exact) mass is 455 g/mol. The van der Waals surface area contributed by atoms with E-state index in [0.717, 1.165) is 11.1 Å². The minimum Gasteiger partial charge on any atom is -0.228 e. The van der Waals surface area contributed by atoms with Crippen LogP contribution in [0.4, 0.5) is 0 Å². The molecule has 158 valence electrons. The van der Waals surface area contributed by atoms with Crippen molar-refractivity contribution in [1.29, 1.82) is 0 Å². The predicted octanol–water partition coefficient (Wildman–Crippen LogP) is 4.12. The summed E-state index contributed by atoms with van der Waals surface area (Å²) in [7, 11) is -7.36. The van der Waals surface area contributed by atoms with Gasteiger partial charge in [-0.3, -0.25) is 0 Å². The van der Waals surface area contributed by atoms with Crippen molar-refractivity contribution in [3.8, 4) is 0 Å². The van der Waals surface area contributed by atoms with E-state index in [1.54, 1.807) is 38.1 Å². The largest absolute Gasteiger partial charge is 0.243 e. The van der Waals surface area contributed by atoms with Crippen molar-refractivity contribution in [3.05, 3.63) is 63.2 Å². The molecule has 0 amide bonds. The maximum atomic E-state index is 13.5. The van der Waals surface area contributed by atoms with Crippen LogP contribution in [0.2, 0.25) is 5.02 Å². The van der Waals surface area contributed by atoms with E-state index >= 15 is 0 Å². The summed E-state index contributed by atoms with van der Waals surface area (Å²) in [6.07, 6.45) is 0.175. The lowest BCUT2D eigenvalue weighted by molar-refractivity contribution is 0.427. The third kappa shape index (κ3) is 4.10. The Balaban J connectivity index is 2.02. The zero-order chi connectivity index (χ0) is 21.6. The molecule has 2 aromatic carbocycles. The highest BCUT2D eigenvalue weighted by Gasteiger charge is 2.37. The first kappa shape index (κ1) is 22.3. The van der Waals surface area contributed by atoms with Gasteiger partial charge in [0.05, 0.1) is 15.9 Å². The summed E-state index contributed by atoms with van der Waals surface area (Å²) in [5.41, 5.74) is 3.77. The second-order valence-electron chi connectivity index (χ2n) is 7.66. The Morgan fingerprint density at radius 1 is 1.00 bits per heavy atom. The molecular formula is C21H26ClNO4S2. The maximum Gasteiger partial charge on any atom is 0.243 e. The van der Waals surface area contributed by atoms with Crippen LogP contribution in [-0.2, 0) is 19.9 Å². The van der Waals surface area contributed by atoms with Gasteiger partial charge in [0.2, 0.25) is 10.0 Å². The van der Waals surface area contributed by atoms with Gasteiger partial charge in [0.15, 0.2) is 9.84 Å². The van der Waals surface area contributed by atoms with Gasteiger partial charge in [0.1, 0.15) is 0 Å². The molecular weight excluding hydrogens is 430 g/mol. The molecule has 1 atom stereocenters. The molecule has 0 bridgehead atoms. The van der Waals surface area contributed by atoms with Crippen LogP contribution >= 0.6 is 11.6 Å². The number of halogens is 1. The van der Waals surface area contributed by atoms with Gasteiger partial charge in [0, 0.05) is 18.1 Å². The highest BCUT2D eigenvalue weighted by Crippen LogP contribution is 2.36. The third-order valence-corrected chi connectivity index (χ3v) is 10.5. The van der Waals surface area contributed by atoms with E-state index in [1.165, 1.54) is 4.31 Å². The van der Waals surface area contributed by atoms with E-state index in [0.29, 0.717) is 26.6 Å². The Bertz CT molecular complexity index is 1130. The van der Waals surface area contributed by atoms with Crippen LogP contribution in [0.15, 0.2) is 35.2 Å². The van der Waals surface area contributed by atoms with E-state index < -0.39 is 25.1 Å². The summed E-state index contributed by atoms with van der Waals surface area (Å²) in [5.74, 6) is -0.231. The number of sulfone groups is 1. The second kappa shape index (κ2) is 8.02. The van der Waals surface area contributed by atoms with Crippen molar-refractivity contribution in [2.24, 2.45) is 0 Å². The lowest BCUT2D eigenvalue weighted by atomic mass is 10.0. The lowest BCUT2D eigenvalue weighted by Gasteiger charge is -2.24. The molecule has 0 aliphatic carbocycles. The van der Waals surface area contributed by atoms with E-state index in [4.69, 9.17) is 11.6 Å². The predicted molar refractivity (Wildman–Crippen MR) is 117 cm³/mol. The van der Waals surface area contributed by atoms with Crippen LogP contribution in [0, 0.1) is 27.7 Å². The lowest BCUT2D eigenvalue weighted by Crippen LogP contribution is -2.34. The van der Waals surface area contributed by atoms with Gasteiger partial charge in [-0.05, 0) is 68.0 Å². The molecule has 1 aliphatic heterocycles. The fraction of sp³-hybridized carbons (Fsp3) is 0.429. The van der Waals surface area contributed by atoms with Crippen LogP contribution in [0.1, 0.15) is 39.5 Å². The first-order valence-electron chi connectivity index (χ1n) is 9.50. The van der Waals surface area contributed by atoms with Crippen molar-refractivity contribution in [3.63, 3.8) is 0 Å². The highest BCUT2D eigenvalue weighted by molar-refractivity contribution is 7.92. The van der Waals surface area contributed by atoms with Gasteiger partial charge in [0.25, 0.3) is 0 Å². The molecule has 0 spiro atoms. The fourth-order valence-electron chi connectivity index (χ4n) is 3.95. The Morgan fingerprint density at radius 2 is 1.59 bits per heavy atom. The van der Waals surface area contributed by atoms with E-state index in [9.17, 15) is 16.8 Å². The topological polar surface area (TPSA) is 71.5 Å². The van der Waals surface area contributed by atoms with E-state index in [1.807, 2.05) is 19.9 Å². The maximum absolute atomic E-state index is 13.5. The molecule has 0 saturated carbocycles. The smallest absolute Gasteiger partial charge is 0.228 e. The summed E-state index contributed by atoms with van der Waals surface area (Å²) in [6.45, 7) is 7.45. The molecule has 0 radical (unpaired) electrons. The molecule has 29 heavy (non-hydrogen) atoms. The standard InChI is InChI=1S/C21H26ClNO4S2/c1-14-13-15(2)17(4)21(16(14)3)29(26,27)23-10-9-20(28(24,25)12-11-23)18-7-5-6-8-19(18)22/h5-8,13,20H,9-12H2,1-4H3. The molecule has 8 heteroatoms. The Kier molecular flexibility index (Phi) is 6.16. The third-order valence-electron chi connectivity index (χ3n) is 5.85. The van der Waals surface area contributed by atoms with Crippen molar-refractivity contribution in [2.75, 3.05) is 18.8 Å². The molecule has 1 unspecified atom stereocenters. The summed E-state index contributed by atoms with van der Waals surface area (Å²) in [5, 5.41) is -0.420. The quantitative estimate of drug-likeness (QED) is 0.697. The fourth-order valence-corrected chi connectivity index (χ4v) is 8.24. The summed E-state index contributed by atoms with van der Waals surface area (Å²) < 4.78 is 54.2. The van der Waals surface area contributed by atoms with Crippen molar-refractivity contribution in [2.45, 2.75) is 44.3 Å². The molecule has 0 aromatic heterocycles. The highest BCUT2D eigenvalue weighted by atomic mass is 35.5. The van der Waals surface area contributed by atoms with Crippen LogP contribution in [0.3, 0.4) is 0 Å². The molecule has 3 rings (SSSR count). The summed E-state index contributed by atoms with van der Waals surface area (Å²) >= 11 is 6.24. The SMILES string of the molecule is Cc1cc(C)c(C)c(S(=O)(=O)N2CCC(c3ccccc3Cl)S(=O)(=O)CC2)c1C. The molecule has 0 N–H and O–H groups in total. The Hall–Kier alpha value is -1.41. The number of benzene rings is 2. The number of rotatable bonds is 3. The minimum atomic E-state index is -3.82. The average molecular weight is 456 g/mol. The molecule has 2 aromatic rings. The Labute approximate surface area is 178 Å². The van der Waals surface area contributed by atoms with E-state index in [-0.39, 0.29) is 25.3 Å². The molecule has 1 saturated heterocycles. The van der Waals surface area contributed by atoms with Gasteiger partial charge < -0.3 is 0 Å². The van der Waals surface area contributed by atoms with Crippen LogP contribution in [0.25, 0.3) is 0 Å². The second-order valence-corrected chi connectivity index (χ2v) is 12.2. The molecule has 1 aliphatic rings. The average Bonchev–Trinajstić information content (AvgIpc) is 2.79. The van der Waals surface area contributed by atoms with Gasteiger partial charge >= 0.3 is 0 Å². The first-order valence-corrected chi connectivity index (χ1v) is 13.0. The number of hydrogen-bond donors (Lipinski definition) is 0. The Morgan fingerprint density at radius 3 is 2.17 bits per heavy atom. The van der Waals surface area contributed by atoms with Crippen molar-refractivity contribution < 1.29 is 16.8 Å². The van der Waals surface area contributed by atoms with Crippen LogP contribution in [0.5, 0.6) is 0 Å². The zero-order valence-corrected chi connectivity index (χ0v) is 19.5. The van der Waals surface area contributed by atoms with Gasteiger partial charge in [-0.1, -0.05) is 35.9 Å².